The van der Waals surface area contributed by atoms with E-state index in [1.54, 1.807) is 4.90 Å². The predicted octanol–water partition coefficient (Wildman–Crippen LogP) is -0.353. The fourth-order valence-corrected chi connectivity index (χ4v) is 2.46. The lowest BCUT2D eigenvalue weighted by Gasteiger charge is -2.31. The van der Waals surface area contributed by atoms with Gasteiger partial charge in [-0.15, -0.1) is 0 Å². The summed E-state index contributed by atoms with van der Waals surface area (Å²) in [4.78, 5) is 3.68. The van der Waals surface area contributed by atoms with Crippen LogP contribution in [0.1, 0.15) is 0 Å². The molecule has 1 unspecified atom stereocenters. The van der Waals surface area contributed by atoms with E-state index < -0.39 is 18.6 Å². The Balaban J connectivity index is 1.75. The number of β-amino-alcohol motifs (C(OH)–C–C–N with tert-alkyl or cyclic N) is 1. The van der Waals surface area contributed by atoms with Crippen LogP contribution in [-0.2, 0) is 9.47 Å². The molecule has 0 bridgehead atoms. The second kappa shape index (κ2) is 6.90. The summed E-state index contributed by atoms with van der Waals surface area (Å²) in [7, 11) is 0. The van der Waals surface area contributed by atoms with E-state index >= 15 is 0 Å². The maximum Gasteiger partial charge on any atom is 0.283 e. The lowest BCUT2D eigenvalue weighted by Crippen LogP contribution is -2.46. The van der Waals surface area contributed by atoms with Crippen LogP contribution in [0.15, 0.2) is 0 Å². The smallest absolute Gasteiger partial charge is 0.283 e. The van der Waals surface area contributed by atoms with Crippen LogP contribution in [0.25, 0.3) is 0 Å². The molecule has 2 aliphatic heterocycles. The van der Waals surface area contributed by atoms with E-state index in [1.807, 2.05) is 0 Å². The van der Waals surface area contributed by atoms with Crippen LogP contribution in [0.2, 0.25) is 0 Å². The average Bonchev–Trinajstić information content (AvgIpc) is 2.51. The summed E-state index contributed by atoms with van der Waals surface area (Å²) >= 11 is 0. The van der Waals surface area contributed by atoms with E-state index in [4.69, 9.17) is 9.47 Å². The topological polar surface area (TPSA) is 45.2 Å². The lowest BCUT2D eigenvalue weighted by atomic mass is 10.2. The van der Waals surface area contributed by atoms with Crippen LogP contribution in [0.5, 0.6) is 0 Å². The number of alkyl halides is 2. The number of nitrogens with zero attached hydrogens (tertiary/aromatic N) is 2. The molecule has 0 aromatic rings. The summed E-state index contributed by atoms with van der Waals surface area (Å²) in [5.74, 6) is -2.82. The molecule has 1 atom stereocenters. The first-order valence-corrected chi connectivity index (χ1v) is 6.71. The Morgan fingerprint density at radius 3 is 2.32 bits per heavy atom. The molecule has 0 spiro atoms. The predicted molar refractivity (Wildman–Crippen MR) is 65.5 cm³/mol. The number of rotatable bonds is 4. The van der Waals surface area contributed by atoms with Crippen LogP contribution in [-0.4, -0.2) is 92.6 Å². The Labute approximate surface area is 112 Å². The number of ether oxygens (including phenoxy) is 2. The molecule has 0 saturated carbocycles. The molecule has 0 aliphatic carbocycles. The van der Waals surface area contributed by atoms with Crippen molar-refractivity contribution in [3.63, 3.8) is 0 Å². The van der Waals surface area contributed by atoms with Crippen molar-refractivity contribution < 1.29 is 23.4 Å². The van der Waals surface area contributed by atoms with Gasteiger partial charge in [0.1, 0.15) is 6.61 Å². The van der Waals surface area contributed by atoms with Gasteiger partial charge in [-0.2, -0.15) is 0 Å². The molecule has 2 heterocycles. The number of hydrogen-bond donors (Lipinski definition) is 1. The number of morpholine rings is 1. The molecule has 19 heavy (non-hydrogen) atoms. The van der Waals surface area contributed by atoms with Gasteiger partial charge in [-0.3, -0.25) is 9.80 Å². The average molecular weight is 280 g/mol. The third-order valence-corrected chi connectivity index (χ3v) is 3.36. The molecule has 5 nitrogen and oxygen atoms in total. The first-order chi connectivity index (χ1) is 9.05. The molecule has 1 N–H and O–H groups in total. The molecular formula is C12H22F2N2O3. The van der Waals surface area contributed by atoms with E-state index in [1.165, 1.54) is 0 Å². The molecule has 0 aromatic carbocycles. The highest BCUT2D eigenvalue weighted by molar-refractivity contribution is 4.78. The standard InChI is InChI=1S/C12H22F2N2O3/c13-12(14)9-16(3-6-19-10-12)8-11(17)7-15-1-4-18-5-2-15/h11,17H,1-10H2. The Kier molecular flexibility index (Phi) is 5.47. The third kappa shape index (κ3) is 5.27. The van der Waals surface area contributed by atoms with Gasteiger partial charge >= 0.3 is 0 Å². The highest BCUT2D eigenvalue weighted by Gasteiger charge is 2.35. The summed E-state index contributed by atoms with van der Waals surface area (Å²) in [6.07, 6.45) is -0.619. The number of hydrogen-bond acceptors (Lipinski definition) is 5. The van der Waals surface area contributed by atoms with Gasteiger partial charge in [-0.05, 0) is 0 Å². The number of aliphatic hydroxyl groups is 1. The zero-order valence-electron chi connectivity index (χ0n) is 11.1. The molecule has 7 heteroatoms. The number of aliphatic hydroxyl groups excluding tert-OH is 1. The summed E-state index contributed by atoms with van der Waals surface area (Å²) < 4.78 is 36.8. The van der Waals surface area contributed by atoms with Crippen molar-refractivity contribution in [1.82, 2.24) is 9.80 Å². The minimum absolute atomic E-state index is 0.260. The molecule has 2 rings (SSSR count). The van der Waals surface area contributed by atoms with Crippen molar-refractivity contribution in [3.05, 3.63) is 0 Å². The molecule has 0 aromatic heterocycles. The second-order valence-corrected chi connectivity index (χ2v) is 5.21. The van der Waals surface area contributed by atoms with Crippen LogP contribution in [0, 0.1) is 0 Å². The minimum atomic E-state index is -2.82. The number of halogens is 2. The van der Waals surface area contributed by atoms with Crippen LogP contribution >= 0.6 is 0 Å². The highest BCUT2D eigenvalue weighted by Crippen LogP contribution is 2.18. The first kappa shape index (κ1) is 15.1. The molecule has 2 fully saturated rings. The fourth-order valence-electron chi connectivity index (χ4n) is 2.46. The fraction of sp³-hybridized carbons (Fsp3) is 1.00. The van der Waals surface area contributed by atoms with Gasteiger partial charge in [0, 0.05) is 32.7 Å². The summed E-state index contributed by atoms with van der Waals surface area (Å²) in [6, 6.07) is 0. The third-order valence-electron chi connectivity index (χ3n) is 3.36. The van der Waals surface area contributed by atoms with E-state index in [0.29, 0.717) is 32.9 Å². The van der Waals surface area contributed by atoms with Crippen LogP contribution in [0.4, 0.5) is 8.78 Å². The highest BCUT2D eigenvalue weighted by atomic mass is 19.3. The molecule has 2 aliphatic rings. The lowest BCUT2D eigenvalue weighted by molar-refractivity contribution is -0.0716. The Morgan fingerprint density at radius 1 is 1.00 bits per heavy atom. The van der Waals surface area contributed by atoms with Gasteiger partial charge in [0.25, 0.3) is 5.92 Å². The largest absolute Gasteiger partial charge is 0.390 e. The van der Waals surface area contributed by atoms with Gasteiger partial charge < -0.3 is 14.6 Å². The normalized spacial score (nSPS) is 27.9. The zero-order chi connectivity index (χ0) is 13.7. The van der Waals surface area contributed by atoms with E-state index in [9.17, 15) is 13.9 Å². The van der Waals surface area contributed by atoms with Crippen molar-refractivity contribution in [2.45, 2.75) is 12.0 Å². The van der Waals surface area contributed by atoms with Gasteiger partial charge in [0.2, 0.25) is 0 Å². The van der Waals surface area contributed by atoms with Crippen LogP contribution in [0.3, 0.4) is 0 Å². The minimum Gasteiger partial charge on any atom is -0.390 e. The Morgan fingerprint density at radius 2 is 1.58 bits per heavy atom. The van der Waals surface area contributed by atoms with Gasteiger partial charge in [-0.25, -0.2) is 8.78 Å². The van der Waals surface area contributed by atoms with Gasteiger partial charge in [-0.1, -0.05) is 0 Å². The van der Waals surface area contributed by atoms with Gasteiger partial charge in [0.15, 0.2) is 0 Å². The first-order valence-electron chi connectivity index (χ1n) is 6.71. The summed E-state index contributed by atoms with van der Waals surface area (Å²) in [5.41, 5.74) is 0. The summed E-state index contributed by atoms with van der Waals surface area (Å²) in [6.45, 7) is 3.55. The summed E-state index contributed by atoms with van der Waals surface area (Å²) in [5, 5.41) is 10.0. The van der Waals surface area contributed by atoms with Crippen molar-refractivity contribution >= 4 is 0 Å². The molecule has 0 radical (unpaired) electrons. The van der Waals surface area contributed by atoms with E-state index in [0.717, 1.165) is 13.1 Å². The maximum atomic E-state index is 13.3. The Hall–Kier alpha value is -0.340. The molecular weight excluding hydrogens is 258 g/mol. The van der Waals surface area contributed by atoms with Crippen molar-refractivity contribution in [2.75, 3.05) is 65.7 Å². The molecule has 0 amide bonds. The van der Waals surface area contributed by atoms with E-state index in [-0.39, 0.29) is 13.1 Å². The monoisotopic (exact) mass is 280 g/mol. The van der Waals surface area contributed by atoms with Crippen LogP contribution < -0.4 is 0 Å². The Bertz CT molecular complexity index is 276. The molecule has 2 saturated heterocycles. The van der Waals surface area contributed by atoms with Crippen molar-refractivity contribution in [2.24, 2.45) is 0 Å². The zero-order valence-corrected chi connectivity index (χ0v) is 11.1. The van der Waals surface area contributed by atoms with E-state index in [2.05, 4.69) is 4.90 Å². The second-order valence-electron chi connectivity index (χ2n) is 5.21. The van der Waals surface area contributed by atoms with Gasteiger partial charge in [0.05, 0.1) is 32.5 Å². The molecule has 112 valence electrons. The van der Waals surface area contributed by atoms with Crippen molar-refractivity contribution in [1.29, 1.82) is 0 Å². The maximum absolute atomic E-state index is 13.3. The van der Waals surface area contributed by atoms with Crippen molar-refractivity contribution in [3.8, 4) is 0 Å². The SMILES string of the molecule is OC(CN1CCOCC1)CN1CCOCC(F)(F)C1. The quantitative estimate of drug-likeness (QED) is 0.762.